The number of nitriles is 1. The summed E-state index contributed by atoms with van der Waals surface area (Å²) in [5.41, 5.74) is 1.20. The summed E-state index contributed by atoms with van der Waals surface area (Å²) in [6.45, 7) is 1.03. The van der Waals surface area contributed by atoms with Crippen LogP contribution in [0.15, 0.2) is 42.6 Å². The molecule has 0 radical (unpaired) electrons. The summed E-state index contributed by atoms with van der Waals surface area (Å²) >= 11 is 0. The van der Waals surface area contributed by atoms with Crippen molar-refractivity contribution in [3.8, 4) is 11.9 Å². The molecule has 2 aromatic rings. The van der Waals surface area contributed by atoms with E-state index in [0.29, 0.717) is 31.0 Å². The van der Waals surface area contributed by atoms with E-state index in [0.717, 1.165) is 5.56 Å². The molecule has 0 saturated carbocycles. The van der Waals surface area contributed by atoms with E-state index < -0.39 is 4.92 Å². The largest absolute Gasteiger partial charge is 0.472 e. The standard InChI is InChI=1S/C18H16N4O4/c19-11-14-5-7-20-17(9-14)26-16-6-8-21(12-16)18(23)10-13-1-3-15(4-2-13)22(24)25/h1-5,7,9,16H,6,8,10,12H2. The number of hydrogen-bond donors (Lipinski definition) is 0. The molecule has 0 aliphatic carbocycles. The van der Waals surface area contributed by atoms with Crippen molar-refractivity contribution in [1.82, 2.24) is 9.88 Å². The first kappa shape index (κ1) is 17.4. The molecule has 1 aliphatic heterocycles. The van der Waals surface area contributed by atoms with Crippen LogP contribution in [0.4, 0.5) is 5.69 Å². The third-order valence-corrected chi connectivity index (χ3v) is 4.15. The predicted octanol–water partition coefficient (Wildman–Crippen LogP) is 2.08. The zero-order valence-electron chi connectivity index (χ0n) is 13.9. The number of amides is 1. The molecule has 1 atom stereocenters. The number of benzene rings is 1. The van der Waals surface area contributed by atoms with E-state index in [4.69, 9.17) is 10.00 Å². The molecule has 1 aromatic heterocycles. The Bertz CT molecular complexity index is 860. The number of hydrogen-bond acceptors (Lipinski definition) is 6. The van der Waals surface area contributed by atoms with Gasteiger partial charge in [-0.25, -0.2) is 4.98 Å². The second kappa shape index (κ2) is 7.61. The summed E-state index contributed by atoms with van der Waals surface area (Å²) in [7, 11) is 0. The van der Waals surface area contributed by atoms with Gasteiger partial charge in [0.05, 0.1) is 29.5 Å². The molecule has 1 saturated heterocycles. The minimum absolute atomic E-state index is 0.00272. The Balaban J connectivity index is 1.55. The molecule has 0 bridgehead atoms. The van der Waals surface area contributed by atoms with Gasteiger partial charge in [0.15, 0.2) is 0 Å². The number of nitro benzene ring substituents is 1. The third-order valence-electron chi connectivity index (χ3n) is 4.15. The summed E-state index contributed by atoms with van der Waals surface area (Å²) in [6, 6.07) is 11.2. The molecule has 8 nitrogen and oxygen atoms in total. The molecule has 132 valence electrons. The molecule has 1 amide bonds. The van der Waals surface area contributed by atoms with Crippen LogP contribution in [-0.2, 0) is 11.2 Å². The van der Waals surface area contributed by atoms with Crippen molar-refractivity contribution >= 4 is 11.6 Å². The van der Waals surface area contributed by atoms with E-state index in [-0.39, 0.29) is 24.1 Å². The number of likely N-dealkylation sites (tertiary alicyclic amines) is 1. The molecule has 1 fully saturated rings. The molecule has 26 heavy (non-hydrogen) atoms. The van der Waals surface area contributed by atoms with Gasteiger partial charge in [-0.15, -0.1) is 0 Å². The fraction of sp³-hybridized carbons (Fsp3) is 0.278. The van der Waals surface area contributed by atoms with E-state index in [1.165, 1.54) is 18.3 Å². The van der Waals surface area contributed by atoms with Gasteiger partial charge >= 0.3 is 0 Å². The second-order valence-corrected chi connectivity index (χ2v) is 5.96. The summed E-state index contributed by atoms with van der Waals surface area (Å²) in [6.07, 6.45) is 2.22. The maximum absolute atomic E-state index is 12.4. The quantitative estimate of drug-likeness (QED) is 0.602. The van der Waals surface area contributed by atoms with E-state index in [2.05, 4.69) is 4.98 Å². The number of nitrogens with zero attached hydrogens (tertiary/aromatic N) is 4. The molecule has 8 heteroatoms. The van der Waals surface area contributed by atoms with Crippen LogP contribution in [-0.4, -0.2) is 39.9 Å². The molecule has 1 unspecified atom stereocenters. The maximum Gasteiger partial charge on any atom is 0.269 e. The highest BCUT2D eigenvalue weighted by atomic mass is 16.6. The van der Waals surface area contributed by atoms with Crippen LogP contribution in [0, 0.1) is 21.4 Å². The molecular weight excluding hydrogens is 336 g/mol. The predicted molar refractivity (Wildman–Crippen MR) is 91.4 cm³/mol. The van der Waals surface area contributed by atoms with E-state index in [9.17, 15) is 14.9 Å². The Hall–Kier alpha value is -3.47. The Morgan fingerprint density at radius 3 is 2.85 bits per heavy atom. The average molecular weight is 352 g/mol. The number of nitro groups is 1. The fourth-order valence-corrected chi connectivity index (χ4v) is 2.79. The van der Waals surface area contributed by atoms with E-state index in [1.807, 2.05) is 6.07 Å². The first-order valence-corrected chi connectivity index (χ1v) is 8.09. The van der Waals surface area contributed by atoms with Crippen LogP contribution in [0.25, 0.3) is 0 Å². The summed E-state index contributed by atoms with van der Waals surface area (Å²) < 4.78 is 5.76. The molecule has 0 spiro atoms. The number of non-ortho nitro benzene ring substituents is 1. The molecule has 0 N–H and O–H groups in total. The maximum atomic E-state index is 12.4. The molecular formula is C18H16N4O4. The molecule has 1 aromatic carbocycles. The smallest absolute Gasteiger partial charge is 0.269 e. The summed E-state index contributed by atoms with van der Waals surface area (Å²) in [4.78, 5) is 28.4. The Kier molecular flexibility index (Phi) is 5.08. The Morgan fingerprint density at radius 2 is 2.15 bits per heavy atom. The summed E-state index contributed by atoms with van der Waals surface area (Å²) in [5, 5.41) is 19.6. The minimum atomic E-state index is -0.469. The highest BCUT2D eigenvalue weighted by Crippen LogP contribution is 2.19. The fourth-order valence-electron chi connectivity index (χ4n) is 2.79. The van der Waals surface area contributed by atoms with Crippen molar-refractivity contribution < 1.29 is 14.5 Å². The topological polar surface area (TPSA) is 109 Å². The lowest BCUT2D eigenvalue weighted by atomic mass is 10.1. The van der Waals surface area contributed by atoms with Crippen LogP contribution in [0.3, 0.4) is 0 Å². The van der Waals surface area contributed by atoms with Crippen LogP contribution < -0.4 is 4.74 Å². The lowest BCUT2D eigenvalue weighted by Gasteiger charge is -2.17. The van der Waals surface area contributed by atoms with Crippen molar-refractivity contribution in [2.75, 3.05) is 13.1 Å². The monoisotopic (exact) mass is 352 g/mol. The van der Waals surface area contributed by atoms with Crippen molar-refractivity contribution in [1.29, 1.82) is 5.26 Å². The number of carbonyl (C=O) groups is 1. The lowest BCUT2D eigenvalue weighted by Crippen LogP contribution is -2.32. The number of rotatable bonds is 5. The molecule has 2 heterocycles. The van der Waals surface area contributed by atoms with Crippen molar-refractivity contribution in [3.05, 3.63) is 63.8 Å². The highest BCUT2D eigenvalue weighted by Gasteiger charge is 2.28. The van der Waals surface area contributed by atoms with Gasteiger partial charge in [0.2, 0.25) is 11.8 Å². The molecule has 1 aliphatic rings. The minimum Gasteiger partial charge on any atom is -0.472 e. The summed E-state index contributed by atoms with van der Waals surface area (Å²) in [5.74, 6) is 0.322. The van der Waals surface area contributed by atoms with Crippen molar-refractivity contribution in [2.24, 2.45) is 0 Å². The Morgan fingerprint density at radius 1 is 1.38 bits per heavy atom. The van der Waals surface area contributed by atoms with Crippen LogP contribution in [0.5, 0.6) is 5.88 Å². The number of carbonyl (C=O) groups excluding carboxylic acids is 1. The van der Waals surface area contributed by atoms with Gasteiger partial charge in [-0.2, -0.15) is 5.26 Å². The van der Waals surface area contributed by atoms with Crippen LogP contribution >= 0.6 is 0 Å². The van der Waals surface area contributed by atoms with Crippen molar-refractivity contribution in [2.45, 2.75) is 18.9 Å². The SMILES string of the molecule is N#Cc1ccnc(OC2CCN(C(=O)Cc3ccc([N+](=O)[O-])cc3)C2)c1. The Labute approximate surface area is 149 Å². The van der Waals surface area contributed by atoms with E-state index in [1.54, 1.807) is 29.2 Å². The number of pyridine rings is 1. The zero-order chi connectivity index (χ0) is 18.5. The van der Waals surface area contributed by atoms with Gasteiger partial charge in [0, 0.05) is 37.4 Å². The number of aromatic nitrogens is 1. The van der Waals surface area contributed by atoms with Crippen LogP contribution in [0.1, 0.15) is 17.5 Å². The average Bonchev–Trinajstić information content (AvgIpc) is 3.11. The normalized spacial score (nSPS) is 16.1. The van der Waals surface area contributed by atoms with Gasteiger partial charge in [-0.3, -0.25) is 14.9 Å². The van der Waals surface area contributed by atoms with Crippen molar-refractivity contribution in [3.63, 3.8) is 0 Å². The third kappa shape index (κ3) is 4.13. The lowest BCUT2D eigenvalue weighted by molar-refractivity contribution is -0.384. The van der Waals surface area contributed by atoms with Gasteiger partial charge in [-0.1, -0.05) is 12.1 Å². The van der Waals surface area contributed by atoms with Gasteiger partial charge in [-0.05, 0) is 11.6 Å². The highest BCUT2D eigenvalue weighted by molar-refractivity contribution is 5.79. The van der Waals surface area contributed by atoms with Gasteiger partial charge < -0.3 is 9.64 Å². The van der Waals surface area contributed by atoms with Gasteiger partial charge in [0.25, 0.3) is 5.69 Å². The molecule has 3 rings (SSSR count). The number of ether oxygens (including phenoxy) is 1. The van der Waals surface area contributed by atoms with Gasteiger partial charge in [0.1, 0.15) is 6.10 Å². The first-order valence-electron chi connectivity index (χ1n) is 8.09. The first-order chi connectivity index (χ1) is 12.5. The second-order valence-electron chi connectivity index (χ2n) is 5.96. The van der Waals surface area contributed by atoms with Crippen LogP contribution in [0.2, 0.25) is 0 Å². The zero-order valence-corrected chi connectivity index (χ0v) is 13.9. The van der Waals surface area contributed by atoms with E-state index >= 15 is 0 Å².